The molecule has 0 fully saturated rings. The first kappa shape index (κ1) is 17.1. The van der Waals surface area contributed by atoms with Gasteiger partial charge < -0.3 is 9.73 Å². The van der Waals surface area contributed by atoms with Gasteiger partial charge in [0.1, 0.15) is 17.4 Å². The molecular formula is C20H20N4O3. The van der Waals surface area contributed by atoms with Gasteiger partial charge in [-0.15, -0.1) is 0 Å². The summed E-state index contributed by atoms with van der Waals surface area (Å²) in [5.41, 5.74) is 2.50. The molecule has 27 heavy (non-hydrogen) atoms. The van der Waals surface area contributed by atoms with Gasteiger partial charge in [0.25, 0.3) is 5.56 Å². The number of carbonyl (C=O) groups is 1. The number of hydrogen-bond acceptors (Lipinski definition) is 4. The van der Waals surface area contributed by atoms with Crippen LogP contribution in [0.1, 0.15) is 37.3 Å². The zero-order valence-electron chi connectivity index (χ0n) is 15.3. The molecule has 138 valence electrons. The van der Waals surface area contributed by atoms with Crippen LogP contribution in [-0.2, 0) is 4.79 Å². The maximum atomic E-state index is 12.9. The largest absolute Gasteiger partial charge is 0.463 e. The summed E-state index contributed by atoms with van der Waals surface area (Å²) in [6, 6.07) is 12.2. The second-order valence-corrected chi connectivity index (χ2v) is 6.65. The minimum Gasteiger partial charge on any atom is -0.463 e. The molecule has 0 radical (unpaired) electrons. The van der Waals surface area contributed by atoms with Gasteiger partial charge in [0, 0.05) is 12.1 Å². The standard InChI is InChI=1S/C20H20N4O3/c1-12(15-7-5-4-6-8-15)21-19(25)13(2)24-20(26)17-11-18-16(9-10-27-18)23(17)14(3)22-24/h4-13H,1-3H3,(H,21,25). The first-order valence-corrected chi connectivity index (χ1v) is 8.81. The van der Waals surface area contributed by atoms with Crippen molar-refractivity contribution in [2.24, 2.45) is 0 Å². The third-order valence-electron chi connectivity index (χ3n) is 4.83. The Bertz CT molecular complexity index is 1190. The van der Waals surface area contributed by atoms with Crippen LogP contribution in [0.2, 0.25) is 0 Å². The van der Waals surface area contributed by atoms with Crippen LogP contribution in [0.5, 0.6) is 0 Å². The topological polar surface area (TPSA) is 81.5 Å². The third kappa shape index (κ3) is 2.81. The number of amides is 1. The lowest BCUT2D eigenvalue weighted by Crippen LogP contribution is -2.39. The summed E-state index contributed by atoms with van der Waals surface area (Å²) >= 11 is 0. The van der Waals surface area contributed by atoms with Gasteiger partial charge in [0.05, 0.1) is 17.8 Å². The number of fused-ring (bicyclic) bond motifs is 3. The fraction of sp³-hybridized carbons (Fsp3) is 0.250. The van der Waals surface area contributed by atoms with Crippen LogP contribution in [0.4, 0.5) is 0 Å². The molecule has 3 heterocycles. The fourth-order valence-corrected chi connectivity index (χ4v) is 3.33. The average Bonchev–Trinajstić information content (AvgIpc) is 3.26. The van der Waals surface area contributed by atoms with E-state index in [0.29, 0.717) is 16.9 Å². The van der Waals surface area contributed by atoms with Gasteiger partial charge >= 0.3 is 0 Å². The van der Waals surface area contributed by atoms with Crippen molar-refractivity contribution in [3.8, 4) is 0 Å². The Kier molecular flexibility index (Phi) is 4.07. The van der Waals surface area contributed by atoms with Gasteiger partial charge in [-0.05, 0) is 26.3 Å². The molecule has 0 bridgehead atoms. The molecule has 0 saturated heterocycles. The number of aryl methyl sites for hydroxylation is 1. The molecule has 0 saturated carbocycles. The van der Waals surface area contributed by atoms with Crippen LogP contribution in [-0.4, -0.2) is 20.1 Å². The highest BCUT2D eigenvalue weighted by Crippen LogP contribution is 2.20. The fourth-order valence-electron chi connectivity index (χ4n) is 3.33. The number of nitrogens with one attached hydrogen (secondary N) is 1. The lowest BCUT2D eigenvalue weighted by molar-refractivity contribution is -0.124. The summed E-state index contributed by atoms with van der Waals surface area (Å²) in [5.74, 6) is 0.344. The van der Waals surface area contributed by atoms with E-state index in [4.69, 9.17) is 4.42 Å². The second-order valence-electron chi connectivity index (χ2n) is 6.65. The molecular weight excluding hydrogens is 344 g/mol. The van der Waals surface area contributed by atoms with Crippen molar-refractivity contribution in [3.63, 3.8) is 0 Å². The summed E-state index contributed by atoms with van der Waals surface area (Å²) in [6.07, 6.45) is 1.57. The van der Waals surface area contributed by atoms with Gasteiger partial charge in [0.15, 0.2) is 5.58 Å². The summed E-state index contributed by atoms with van der Waals surface area (Å²) in [4.78, 5) is 25.6. The molecule has 7 nitrogen and oxygen atoms in total. The van der Waals surface area contributed by atoms with E-state index in [1.165, 1.54) is 4.68 Å². The lowest BCUT2D eigenvalue weighted by Gasteiger charge is -2.19. The minimum absolute atomic E-state index is 0.169. The van der Waals surface area contributed by atoms with E-state index in [-0.39, 0.29) is 17.5 Å². The van der Waals surface area contributed by atoms with E-state index in [1.807, 2.05) is 37.3 Å². The van der Waals surface area contributed by atoms with Crippen molar-refractivity contribution in [2.75, 3.05) is 0 Å². The quantitative estimate of drug-likeness (QED) is 0.604. The highest BCUT2D eigenvalue weighted by Gasteiger charge is 2.22. The SMILES string of the molecule is Cc1nn(C(C)C(=O)NC(C)c2ccccc2)c(=O)c2cc3occc3n12. The molecule has 1 amide bonds. The second kappa shape index (κ2) is 6.42. The van der Waals surface area contributed by atoms with Crippen LogP contribution in [0.3, 0.4) is 0 Å². The molecule has 0 aliphatic carbocycles. The molecule has 3 aromatic heterocycles. The molecule has 1 N–H and O–H groups in total. The zero-order valence-corrected chi connectivity index (χ0v) is 15.3. The molecule has 0 aliphatic heterocycles. The number of furan rings is 1. The summed E-state index contributed by atoms with van der Waals surface area (Å²) in [6.45, 7) is 5.38. The molecule has 7 heteroatoms. The number of hydrogen-bond donors (Lipinski definition) is 1. The monoisotopic (exact) mass is 364 g/mol. The van der Waals surface area contributed by atoms with E-state index < -0.39 is 6.04 Å². The molecule has 4 aromatic rings. The van der Waals surface area contributed by atoms with E-state index >= 15 is 0 Å². The Labute approximate surface area is 155 Å². The number of carbonyl (C=O) groups excluding carboxylic acids is 1. The normalized spacial score (nSPS) is 13.7. The summed E-state index contributed by atoms with van der Waals surface area (Å²) in [7, 11) is 0. The number of benzene rings is 1. The Morgan fingerprint density at radius 2 is 1.89 bits per heavy atom. The number of aromatic nitrogens is 3. The van der Waals surface area contributed by atoms with Crippen LogP contribution in [0.15, 0.2) is 57.9 Å². The molecule has 2 atom stereocenters. The maximum Gasteiger partial charge on any atom is 0.291 e. The summed E-state index contributed by atoms with van der Waals surface area (Å²) in [5, 5.41) is 7.32. The van der Waals surface area contributed by atoms with Crippen LogP contribution >= 0.6 is 0 Å². The van der Waals surface area contributed by atoms with Gasteiger partial charge in [-0.1, -0.05) is 30.3 Å². The summed E-state index contributed by atoms with van der Waals surface area (Å²) < 4.78 is 8.36. The average molecular weight is 364 g/mol. The van der Waals surface area contributed by atoms with E-state index in [0.717, 1.165) is 11.1 Å². The van der Waals surface area contributed by atoms with Crippen molar-refractivity contribution >= 4 is 22.5 Å². The number of rotatable bonds is 4. The Balaban J connectivity index is 1.68. The van der Waals surface area contributed by atoms with Crippen molar-refractivity contribution in [3.05, 3.63) is 70.5 Å². The molecule has 0 aliphatic rings. The van der Waals surface area contributed by atoms with Crippen molar-refractivity contribution < 1.29 is 9.21 Å². The van der Waals surface area contributed by atoms with Gasteiger partial charge in [0.2, 0.25) is 5.91 Å². The maximum absolute atomic E-state index is 12.9. The van der Waals surface area contributed by atoms with Crippen LogP contribution in [0, 0.1) is 6.92 Å². The molecule has 2 unspecified atom stereocenters. The predicted octanol–water partition coefficient (Wildman–Crippen LogP) is 2.99. The van der Waals surface area contributed by atoms with E-state index in [1.54, 1.807) is 36.6 Å². The van der Waals surface area contributed by atoms with Crippen molar-refractivity contribution in [1.29, 1.82) is 0 Å². The molecule has 4 rings (SSSR count). The smallest absolute Gasteiger partial charge is 0.291 e. The Morgan fingerprint density at radius 3 is 2.63 bits per heavy atom. The Morgan fingerprint density at radius 1 is 1.15 bits per heavy atom. The molecule has 0 spiro atoms. The van der Waals surface area contributed by atoms with E-state index in [2.05, 4.69) is 10.4 Å². The van der Waals surface area contributed by atoms with Crippen LogP contribution < -0.4 is 10.9 Å². The van der Waals surface area contributed by atoms with E-state index in [9.17, 15) is 9.59 Å². The minimum atomic E-state index is -0.742. The first-order valence-electron chi connectivity index (χ1n) is 8.81. The molecule has 1 aromatic carbocycles. The highest BCUT2D eigenvalue weighted by atomic mass is 16.3. The van der Waals surface area contributed by atoms with Crippen LogP contribution in [0.25, 0.3) is 16.6 Å². The Hall–Kier alpha value is -3.35. The number of nitrogens with zero attached hydrogens (tertiary/aromatic N) is 3. The first-order chi connectivity index (χ1) is 13.0. The van der Waals surface area contributed by atoms with Gasteiger partial charge in [-0.2, -0.15) is 5.10 Å². The van der Waals surface area contributed by atoms with Crippen molar-refractivity contribution in [1.82, 2.24) is 19.5 Å². The third-order valence-corrected chi connectivity index (χ3v) is 4.83. The highest BCUT2D eigenvalue weighted by molar-refractivity contribution is 5.83. The van der Waals surface area contributed by atoms with Gasteiger partial charge in [-0.25, -0.2) is 4.68 Å². The zero-order chi connectivity index (χ0) is 19.1. The lowest BCUT2D eigenvalue weighted by atomic mass is 10.1. The van der Waals surface area contributed by atoms with Gasteiger partial charge in [-0.3, -0.25) is 14.0 Å². The predicted molar refractivity (Wildman–Crippen MR) is 102 cm³/mol. The van der Waals surface area contributed by atoms with Crippen molar-refractivity contribution in [2.45, 2.75) is 32.9 Å².